The van der Waals surface area contributed by atoms with Crippen molar-refractivity contribution < 1.29 is 13.2 Å². The number of aromatic nitrogens is 2. The summed E-state index contributed by atoms with van der Waals surface area (Å²) in [6.45, 7) is 3.84. The number of rotatable bonds is 6. The second kappa shape index (κ2) is 5.96. The van der Waals surface area contributed by atoms with Gasteiger partial charge in [-0.15, -0.1) is 0 Å². The molecule has 0 aliphatic carbocycles. The Morgan fingerprint density at radius 1 is 1.50 bits per heavy atom. The van der Waals surface area contributed by atoms with E-state index in [1.807, 2.05) is 13.8 Å². The molecule has 0 bridgehead atoms. The van der Waals surface area contributed by atoms with Crippen molar-refractivity contribution in [2.24, 2.45) is 5.92 Å². The van der Waals surface area contributed by atoms with Gasteiger partial charge in [-0.2, -0.15) is 5.10 Å². The van der Waals surface area contributed by atoms with Crippen molar-refractivity contribution in [3.63, 3.8) is 0 Å². The molecule has 3 N–H and O–H groups in total. The summed E-state index contributed by atoms with van der Waals surface area (Å²) < 4.78 is 24.8. The van der Waals surface area contributed by atoms with Crippen molar-refractivity contribution in [3.8, 4) is 0 Å². The zero-order valence-electron chi connectivity index (χ0n) is 10.6. The number of nitrogens with zero attached hydrogens (tertiary/aromatic N) is 1. The van der Waals surface area contributed by atoms with Crippen LogP contribution in [0.3, 0.4) is 0 Å². The second-order valence-corrected chi connectivity index (χ2v) is 6.33. The standard InChI is InChI=1S/C10H18N4O3S/c1-7(2)4-9(14-18(3,16)17)10(15)13-8-5-11-12-6-8/h5-7,9,14H,4H2,1-3H3,(H,11,12)(H,13,15). The van der Waals surface area contributed by atoms with E-state index in [-0.39, 0.29) is 5.92 Å². The second-order valence-electron chi connectivity index (χ2n) is 4.55. The minimum atomic E-state index is -3.43. The van der Waals surface area contributed by atoms with Crippen molar-refractivity contribution in [2.45, 2.75) is 26.3 Å². The third-order valence-corrected chi connectivity index (χ3v) is 2.86. The molecule has 1 aromatic rings. The average Bonchev–Trinajstić information content (AvgIpc) is 2.66. The van der Waals surface area contributed by atoms with Crippen LogP contribution >= 0.6 is 0 Å². The molecule has 1 amide bonds. The van der Waals surface area contributed by atoms with E-state index in [9.17, 15) is 13.2 Å². The van der Waals surface area contributed by atoms with Gasteiger partial charge >= 0.3 is 0 Å². The number of carbonyl (C=O) groups excluding carboxylic acids is 1. The van der Waals surface area contributed by atoms with Crippen LogP contribution in [0.2, 0.25) is 0 Å². The Bertz CT molecular complexity index is 481. The Kier molecular flexibility index (Phi) is 4.85. The maximum atomic E-state index is 11.9. The first-order valence-electron chi connectivity index (χ1n) is 5.55. The largest absolute Gasteiger partial charge is 0.322 e. The van der Waals surface area contributed by atoms with Gasteiger partial charge in [-0.05, 0) is 12.3 Å². The molecule has 8 heteroatoms. The summed E-state index contributed by atoms with van der Waals surface area (Å²) in [5.74, 6) is -0.199. The van der Waals surface area contributed by atoms with E-state index in [2.05, 4.69) is 20.2 Å². The fourth-order valence-corrected chi connectivity index (χ4v) is 2.21. The molecule has 102 valence electrons. The monoisotopic (exact) mass is 274 g/mol. The molecule has 1 aromatic heterocycles. The maximum Gasteiger partial charge on any atom is 0.242 e. The average molecular weight is 274 g/mol. The first-order chi connectivity index (χ1) is 8.28. The van der Waals surface area contributed by atoms with E-state index in [1.165, 1.54) is 12.4 Å². The smallest absolute Gasteiger partial charge is 0.242 e. The normalized spacial score (nSPS) is 13.6. The van der Waals surface area contributed by atoms with Crippen LogP contribution in [-0.2, 0) is 14.8 Å². The lowest BCUT2D eigenvalue weighted by atomic mass is 10.0. The lowest BCUT2D eigenvalue weighted by Crippen LogP contribution is -2.44. The summed E-state index contributed by atoms with van der Waals surface area (Å²) in [5.41, 5.74) is 0.504. The van der Waals surface area contributed by atoms with Crippen molar-refractivity contribution in [1.82, 2.24) is 14.9 Å². The lowest BCUT2D eigenvalue weighted by Gasteiger charge is -2.18. The SMILES string of the molecule is CC(C)CC(NS(C)(=O)=O)C(=O)Nc1cn[nH]c1. The zero-order valence-corrected chi connectivity index (χ0v) is 11.4. The molecule has 0 aromatic carbocycles. The Balaban J connectivity index is 2.72. The van der Waals surface area contributed by atoms with Gasteiger partial charge < -0.3 is 5.32 Å². The summed E-state index contributed by atoms with van der Waals surface area (Å²) in [6.07, 6.45) is 4.43. The molecule has 0 saturated heterocycles. The summed E-state index contributed by atoms with van der Waals surface area (Å²) in [7, 11) is -3.43. The maximum absolute atomic E-state index is 11.9. The number of H-pyrrole nitrogens is 1. The van der Waals surface area contributed by atoms with Gasteiger partial charge in [-0.3, -0.25) is 9.89 Å². The molecule has 0 radical (unpaired) electrons. The number of nitrogens with one attached hydrogen (secondary N) is 3. The highest BCUT2D eigenvalue weighted by Gasteiger charge is 2.23. The number of hydrogen-bond acceptors (Lipinski definition) is 4. The summed E-state index contributed by atoms with van der Waals surface area (Å²) in [6, 6.07) is -0.783. The quantitative estimate of drug-likeness (QED) is 0.694. The minimum absolute atomic E-state index is 0.194. The van der Waals surface area contributed by atoms with Crippen molar-refractivity contribution in [1.29, 1.82) is 0 Å². The van der Waals surface area contributed by atoms with E-state index in [1.54, 1.807) is 0 Å². The summed E-state index contributed by atoms with van der Waals surface area (Å²) >= 11 is 0. The fourth-order valence-electron chi connectivity index (χ4n) is 1.49. The molecule has 18 heavy (non-hydrogen) atoms. The van der Waals surface area contributed by atoms with Crippen LogP contribution in [0.1, 0.15) is 20.3 Å². The van der Waals surface area contributed by atoms with Crippen LogP contribution in [-0.4, -0.2) is 36.8 Å². The van der Waals surface area contributed by atoms with E-state index in [4.69, 9.17) is 0 Å². The predicted molar refractivity (Wildman–Crippen MR) is 68.4 cm³/mol. The van der Waals surface area contributed by atoms with Gasteiger partial charge in [0.1, 0.15) is 6.04 Å². The molecular weight excluding hydrogens is 256 g/mol. The number of carbonyl (C=O) groups is 1. The molecule has 0 aliphatic heterocycles. The van der Waals surface area contributed by atoms with Gasteiger partial charge in [-0.1, -0.05) is 13.8 Å². The first-order valence-corrected chi connectivity index (χ1v) is 7.44. The van der Waals surface area contributed by atoms with Gasteiger partial charge in [0.2, 0.25) is 15.9 Å². The lowest BCUT2D eigenvalue weighted by molar-refractivity contribution is -0.118. The van der Waals surface area contributed by atoms with E-state index in [0.29, 0.717) is 12.1 Å². The number of aromatic amines is 1. The third kappa shape index (κ3) is 5.28. The molecule has 0 fully saturated rings. The van der Waals surface area contributed by atoms with Crippen molar-refractivity contribution in [3.05, 3.63) is 12.4 Å². The summed E-state index contributed by atoms with van der Waals surface area (Å²) in [5, 5.41) is 8.84. The van der Waals surface area contributed by atoms with Crippen molar-refractivity contribution in [2.75, 3.05) is 11.6 Å². The van der Waals surface area contributed by atoms with Gasteiger partial charge in [0, 0.05) is 6.20 Å². The molecule has 1 rings (SSSR count). The fraction of sp³-hybridized carbons (Fsp3) is 0.600. The predicted octanol–water partition coefficient (Wildman–Crippen LogP) is 0.312. The highest BCUT2D eigenvalue weighted by atomic mass is 32.2. The van der Waals surface area contributed by atoms with Gasteiger partial charge in [0.25, 0.3) is 0 Å². The minimum Gasteiger partial charge on any atom is -0.322 e. The molecule has 1 atom stereocenters. The van der Waals surface area contributed by atoms with Crippen LogP contribution in [0.5, 0.6) is 0 Å². The van der Waals surface area contributed by atoms with Crippen LogP contribution < -0.4 is 10.0 Å². The van der Waals surface area contributed by atoms with Crippen molar-refractivity contribution >= 4 is 21.6 Å². The molecule has 0 spiro atoms. The zero-order chi connectivity index (χ0) is 13.8. The Hall–Kier alpha value is -1.41. The van der Waals surface area contributed by atoms with Gasteiger partial charge in [0.05, 0.1) is 18.1 Å². The highest BCUT2D eigenvalue weighted by Crippen LogP contribution is 2.09. The van der Waals surface area contributed by atoms with E-state index < -0.39 is 22.0 Å². The Labute approximate surface area is 106 Å². The Morgan fingerprint density at radius 3 is 2.61 bits per heavy atom. The molecule has 0 aliphatic rings. The molecule has 1 unspecified atom stereocenters. The van der Waals surface area contributed by atoms with Crippen LogP contribution in [0.15, 0.2) is 12.4 Å². The number of amides is 1. The van der Waals surface area contributed by atoms with Crippen LogP contribution in [0, 0.1) is 5.92 Å². The third-order valence-electron chi connectivity index (χ3n) is 2.15. The molecule has 0 saturated carbocycles. The van der Waals surface area contributed by atoms with E-state index >= 15 is 0 Å². The first kappa shape index (κ1) is 14.7. The summed E-state index contributed by atoms with van der Waals surface area (Å²) in [4.78, 5) is 11.9. The topological polar surface area (TPSA) is 104 Å². The molecule has 7 nitrogen and oxygen atoms in total. The number of hydrogen-bond donors (Lipinski definition) is 3. The number of sulfonamides is 1. The molecule has 1 heterocycles. The van der Waals surface area contributed by atoms with Gasteiger partial charge in [0.15, 0.2) is 0 Å². The highest BCUT2D eigenvalue weighted by molar-refractivity contribution is 7.88. The van der Waals surface area contributed by atoms with Crippen LogP contribution in [0.25, 0.3) is 0 Å². The van der Waals surface area contributed by atoms with Crippen LogP contribution in [0.4, 0.5) is 5.69 Å². The van der Waals surface area contributed by atoms with E-state index in [0.717, 1.165) is 6.26 Å². The van der Waals surface area contributed by atoms with Gasteiger partial charge in [-0.25, -0.2) is 13.1 Å². The number of anilines is 1. The Morgan fingerprint density at radius 2 is 2.17 bits per heavy atom. The molecular formula is C10H18N4O3S.